The van der Waals surface area contributed by atoms with Crippen LogP contribution in [-0.2, 0) is 4.74 Å². The lowest BCUT2D eigenvalue weighted by Crippen LogP contribution is -2.39. The molecule has 0 aromatic carbocycles. The molecule has 0 radical (unpaired) electrons. The van der Waals surface area contributed by atoms with E-state index in [9.17, 15) is 5.11 Å². The first-order valence-corrected chi connectivity index (χ1v) is 3.48. The van der Waals surface area contributed by atoms with Crippen LogP contribution in [0.3, 0.4) is 0 Å². The van der Waals surface area contributed by atoms with E-state index in [2.05, 4.69) is 6.58 Å². The summed E-state index contributed by atoms with van der Waals surface area (Å²) in [5.41, 5.74) is -1.04. The summed E-state index contributed by atoms with van der Waals surface area (Å²) < 4.78 is 5.04. The van der Waals surface area contributed by atoms with Gasteiger partial charge in [0.15, 0.2) is 0 Å². The van der Waals surface area contributed by atoms with Crippen molar-refractivity contribution in [3.05, 3.63) is 37.0 Å². The Kier molecular flexibility index (Phi) is 2.27. The number of hydrogen-bond donors (Lipinski definition) is 1. The number of ether oxygens (including phenoxy) is 1. The lowest BCUT2D eigenvalue weighted by atomic mass is 9.92. The molecule has 2 unspecified atom stereocenters. The molecule has 0 spiro atoms. The van der Waals surface area contributed by atoms with E-state index in [1.165, 1.54) is 6.08 Å². The molecule has 60 valence electrons. The van der Waals surface area contributed by atoms with Crippen molar-refractivity contribution in [2.75, 3.05) is 7.11 Å². The fourth-order valence-electron chi connectivity index (χ4n) is 1.08. The predicted octanol–water partition coefficient (Wildman–Crippen LogP) is 1.04. The van der Waals surface area contributed by atoms with Crippen molar-refractivity contribution < 1.29 is 9.84 Å². The van der Waals surface area contributed by atoms with E-state index in [0.717, 1.165) is 0 Å². The molecule has 0 aliphatic heterocycles. The third kappa shape index (κ3) is 1.42. The van der Waals surface area contributed by atoms with Gasteiger partial charge in [-0.3, -0.25) is 0 Å². The fourth-order valence-corrected chi connectivity index (χ4v) is 1.08. The van der Waals surface area contributed by atoms with Gasteiger partial charge in [-0.05, 0) is 6.08 Å². The Balaban J connectivity index is 2.86. The molecule has 0 heterocycles. The molecule has 11 heavy (non-hydrogen) atoms. The molecule has 2 nitrogen and oxygen atoms in total. The highest BCUT2D eigenvalue weighted by atomic mass is 16.5. The smallest absolute Gasteiger partial charge is 0.131 e. The third-order valence-electron chi connectivity index (χ3n) is 1.80. The first-order valence-electron chi connectivity index (χ1n) is 3.48. The zero-order valence-corrected chi connectivity index (χ0v) is 6.53. The fraction of sp³-hybridized carbons (Fsp3) is 0.333. The maximum atomic E-state index is 9.76. The summed E-state index contributed by atoms with van der Waals surface area (Å²) in [6.07, 6.45) is 8.23. The van der Waals surface area contributed by atoms with E-state index in [1.807, 2.05) is 6.08 Å². The summed E-state index contributed by atoms with van der Waals surface area (Å²) in [6.45, 7) is 3.54. The number of methoxy groups -OCH3 is 1. The molecule has 1 aliphatic rings. The zero-order valence-electron chi connectivity index (χ0n) is 6.53. The molecule has 0 fully saturated rings. The molecule has 1 aliphatic carbocycles. The summed E-state index contributed by atoms with van der Waals surface area (Å²) in [5, 5.41) is 9.76. The molecule has 0 saturated carbocycles. The Bertz CT molecular complexity index is 206. The van der Waals surface area contributed by atoms with Gasteiger partial charge in [0.05, 0.1) is 0 Å². The van der Waals surface area contributed by atoms with E-state index in [0.29, 0.717) is 0 Å². The van der Waals surface area contributed by atoms with Gasteiger partial charge in [-0.15, -0.1) is 0 Å². The van der Waals surface area contributed by atoms with Crippen molar-refractivity contribution in [3.8, 4) is 0 Å². The summed E-state index contributed by atoms with van der Waals surface area (Å²) in [5.74, 6) is 0. The van der Waals surface area contributed by atoms with Gasteiger partial charge in [-0.25, -0.2) is 0 Å². The van der Waals surface area contributed by atoms with Gasteiger partial charge in [-0.2, -0.15) is 0 Å². The van der Waals surface area contributed by atoms with Crippen LogP contribution in [0.4, 0.5) is 0 Å². The lowest BCUT2D eigenvalue weighted by molar-refractivity contribution is -0.00623. The second kappa shape index (κ2) is 3.03. The van der Waals surface area contributed by atoms with Crippen LogP contribution in [0, 0.1) is 0 Å². The first kappa shape index (κ1) is 8.24. The largest absolute Gasteiger partial charge is 0.379 e. The second-order valence-electron chi connectivity index (χ2n) is 2.49. The Morgan fingerprint density at radius 2 is 2.36 bits per heavy atom. The van der Waals surface area contributed by atoms with Crippen LogP contribution in [0.2, 0.25) is 0 Å². The summed E-state index contributed by atoms with van der Waals surface area (Å²) in [4.78, 5) is 0. The van der Waals surface area contributed by atoms with Crippen LogP contribution < -0.4 is 0 Å². The van der Waals surface area contributed by atoms with Crippen LogP contribution in [-0.4, -0.2) is 23.9 Å². The van der Waals surface area contributed by atoms with E-state index < -0.39 is 5.60 Å². The number of aliphatic hydroxyl groups is 1. The molecule has 0 amide bonds. The third-order valence-corrected chi connectivity index (χ3v) is 1.80. The molecular weight excluding hydrogens is 140 g/mol. The number of rotatable bonds is 2. The molecular formula is C9H12O2. The van der Waals surface area contributed by atoms with Crippen molar-refractivity contribution in [1.82, 2.24) is 0 Å². The molecule has 2 atom stereocenters. The Morgan fingerprint density at radius 3 is 2.82 bits per heavy atom. The SMILES string of the molecule is C=CC1(O)C=CC=CC1OC. The highest BCUT2D eigenvalue weighted by Crippen LogP contribution is 2.21. The Labute approximate surface area is 66.5 Å². The quantitative estimate of drug-likeness (QED) is 0.599. The van der Waals surface area contributed by atoms with Crippen LogP contribution in [0.1, 0.15) is 0 Å². The van der Waals surface area contributed by atoms with Crippen LogP contribution in [0.5, 0.6) is 0 Å². The zero-order chi connectivity index (χ0) is 8.32. The molecule has 1 N–H and O–H groups in total. The van der Waals surface area contributed by atoms with Gasteiger partial charge in [-0.1, -0.05) is 30.9 Å². The minimum Gasteiger partial charge on any atom is -0.379 e. The highest BCUT2D eigenvalue weighted by molar-refractivity contribution is 5.28. The number of hydrogen-bond acceptors (Lipinski definition) is 2. The van der Waals surface area contributed by atoms with Gasteiger partial charge in [0, 0.05) is 7.11 Å². The Morgan fingerprint density at radius 1 is 1.64 bits per heavy atom. The van der Waals surface area contributed by atoms with Crippen LogP contribution in [0.15, 0.2) is 37.0 Å². The van der Waals surface area contributed by atoms with Crippen molar-refractivity contribution >= 4 is 0 Å². The van der Waals surface area contributed by atoms with E-state index in [-0.39, 0.29) is 6.10 Å². The summed E-state index contributed by atoms with van der Waals surface area (Å²) in [6, 6.07) is 0. The average Bonchev–Trinajstić information content (AvgIpc) is 2.05. The lowest BCUT2D eigenvalue weighted by Gasteiger charge is -2.29. The normalized spacial score (nSPS) is 35.6. The van der Waals surface area contributed by atoms with Crippen molar-refractivity contribution in [2.24, 2.45) is 0 Å². The maximum absolute atomic E-state index is 9.76. The van der Waals surface area contributed by atoms with Gasteiger partial charge >= 0.3 is 0 Å². The van der Waals surface area contributed by atoms with Crippen LogP contribution in [0.25, 0.3) is 0 Å². The first-order chi connectivity index (χ1) is 5.23. The minimum absolute atomic E-state index is 0.315. The van der Waals surface area contributed by atoms with E-state index in [1.54, 1.807) is 25.3 Å². The van der Waals surface area contributed by atoms with Gasteiger partial charge < -0.3 is 9.84 Å². The predicted molar refractivity (Wildman–Crippen MR) is 44.2 cm³/mol. The summed E-state index contributed by atoms with van der Waals surface area (Å²) in [7, 11) is 1.56. The van der Waals surface area contributed by atoms with Crippen molar-refractivity contribution in [3.63, 3.8) is 0 Å². The standard InChI is InChI=1S/C9H12O2/c1-3-9(10)7-5-4-6-8(9)11-2/h3-8,10H,1H2,2H3. The van der Waals surface area contributed by atoms with Crippen molar-refractivity contribution in [2.45, 2.75) is 11.7 Å². The molecule has 0 saturated heterocycles. The molecule has 0 aromatic rings. The van der Waals surface area contributed by atoms with Crippen molar-refractivity contribution in [1.29, 1.82) is 0 Å². The van der Waals surface area contributed by atoms with E-state index in [4.69, 9.17) is 4.74 Å². The molecule has 1 rings (SSSR count). The van der Waals surface area contributed by atoms with Crippen LogP contribution >= 0.6 is 0 Å². The van der Waals surface area contributed by atoms with Gasteiger partial charge in [0.25, 0.3) is 0 Å². The molecule has 0 bridgehead atoms. The monoisotopic (exact) mass is 152 g/mol. The van der Waals surface area contributed by atoms with Gasteiger partial charge in [0.1, 0.15) is 11.7 Å². The summed E-state index contributed by atoms with van der Waals surface area (Å²) >= 11 is 0. The molecule has 0 aromatic heterocycles. The number of allylic oxidation sites excluding steroid dienone is 2. The average molecular weight is 152 g/mol. The van der Waals surface area contributed by atoms with Gasteiger partial charge in [0.2, 0.25) is 0 Å². The molecule has 2 heteroatoms. The topological polar surface area (TPSA) is 29.5 Å². The second-order valence-corrected chi connectivity index (χ2v) is 2.49. The minimum atomic E-state index is -1.04. The maximum Gasteiger partial charge on any atom is 0.131 e. The highest BCUT2D eigenvalue weighted by Gasteiger charge is 2.30. The van der Waals surface area contributed by atoms with E-state index >= 15 is 0 Å². The Hall–Kier alpha value is -0.860.